The standard InChI is InChI=1S/C11H19N3O/c1-3-15-7-6-14(2)11-4-5-13-10(8-11)9-12/h4-5,8H,3,6-7,9,12H2,1-2H3. The number of aromatic nitrogens is 1. The second kappa shape index (κ2) is 6.37. The van der Waals surface area contributed by atoms with E-state index in [2.05, 4.69) is 9.88 Å². The van der Waals surface area contributed by atoms with Gasteiger partial charge in [-0.25, -0.2) is 0 Å². The molecular weight excluding hydrogens is 190 g/mol. The van der Waals surface area contributed by atoms with Crippen LogP contribution in [0.1, 0.15) is 12.6 Å². The summed E-state index contributed by atoms with van der Waals surface area (Å²) in [6.07, 6.45) is 1.79. The summed E-state index contributed by atoms with van der Waals surface area (Å²) in [4.78, 5) is 6.29. The molecule has 15 heavy (non-hydrogen) atoms. The molecule has 0 saturated carbocycles. The summed E-state index contributed by atoms with van der Waals surface area (Å²) in [5.41, 5.74) is 7.58. The van der Waals surface area contributed by atoms with Gasteiger partial charge in [-0.2, -0.15) is 0 Å². The summed E-state index contributed by atoms with van der Waals surface area (Å²) in [7, 11) is 2.04. The number of hydrogen-bond acceptors (Lipinski definition) is 4. The van der Waals surface area contributed by atoms with E-state index in [-0.39, 0.29) is 0 Å². The molecule has 0 bridgehead atoms. The third-order valence-corrected chi connectivity index (χ3v) is 2.23. The van der Waals surface area contributed by atoms with Gasteiger partial charge in [-0.15, -0.1) is 0 Å². The first-order valence-electron chi connectivity index (χ1n) is 5.21. The Morgan fingerprint density at radius 3 is 3.00 bits per heavy atom. The van der Waals surface area contributed by atoms with E-state index in [1.807, 2.05) is 26.1 Å². The molecule has 84 valence electrons. The largest absolute Gasteiger partial charge is 0.380 e. The molecule has 0 aromatic carbocycles. The minimum atomic E-state index is 0.479. The van der Waals surface area contributed by atoms with Crippen LogP contribution in [-0.2, 0) is 11.3 Å². The fourth-order valence-electron chi connectivity index (χ4n) is 1.29. The van der Waals surface area contributed by atoms with Crippen LogP contribution in [0.15, 0.2) is 18.3 Å². The molecule has 1 rings (SSSR count). The highest BCUT2D eigenvalue weighted by molar-refractivity contribution is 5.45. The van der Waals surface area contributed by atoms with Crippen molar-refractivity contribution >= 4 is 5.69 Å². The maximum Gasteiger partial charge on any atom is 0.0641 e. The van der Waals surface area contributed by atoms with Crippen LogP contribution < -0.4 is 10.6 Å². The Morgan fingerprint density at radius 1 is 1.53 bits per heavy atom. The van der Waals surface area contributed by atoms with E-state index >= 15 is 0 Å². The number of nitrogens with two attached hydrogens (primary N) is 1. The third kappa shape index (κ3) is 3.85. The monoisotopic (exact) mass is 209 g/mol. The van der Waals surface area contributed by atoms with Gasteiger partial charge in [0.25, 0.3) is 0 Å². The highest BCUT2D eigenvalue weighted by Crippen LogP contribution is 2.11. The molecule has 0 fully saturated rings. The second-order valence-electron chi connectivity index (χ2n) is 3.33. The summed E-state index contributed by atoms with van der Waals surface area (Å²) in [5.74, 6) is 0. The summed E-state index contributed by atoms with van der Waals surface area (Å²) < 4.78 is 5.30. The average molecular weight is 209 g/mol. The zero-order chi connectivity index (χ0) is 11.1. The number of nitrogens with zero attached hydrogens (tertiary/aromatic N) is 2. The second-order valence-corrected chi connectivity index (χ2v) is 3.33. The van der Waals surface area contributed by atoms with Gasteiger partial charge >= 0.3 is 0 Å². The van der Waals surface area contributed by atoms with Crippen LogP contribution in [0.25, 0.3) is 0 Å². The van der Waals surface area contributed by atoms with E-state index in [1.54, 1.807) is 6.20 Å². The fraction of sp³-hybridized carbons (Fsp3) is 0.545. The van der Waals surface area contributed by atoms with E-state index in [9.17, 15) is 0 Å². The van der Waals surface area contributed by atoms with Crippen molar-refractivity contribution in [3.63, 3.8) is 0 Å². The first kappa shape index (κ1) is 11.9. The van der Waals surface area contributed by atoms with Crippen molar-refractivity contribution < 1.29 is 4.74 Å². The van der Waals surface area contributed by atoms with Gasteiger partial charge in [-0.1, -0.05) is 0 Å². The summed E-state index contributed by atoms with van der Waals surface area (Å²) in [6.45, 7) is 4.86. The van der Waals surface area contributed by atoms with Crippen LogP contribution in [0.2, 0.25) is 0 Å². The van der Waals surface area contributed by atoms with Crippen molar-refractivity contribution in [3.8, 4) is 0 Å². The van der Waals surface area contributed by atoms with E-state index in [0.29, 0.717) is 6.54 Å². The van der Waals surface area contributed by atoms with Gasteiger partial charge in [-0.3, -0.25) is 4.98 Å². The third-order valence-electron chi connectivity index (χ3n) is 2.23. The maximum absolute atomic E-state index is 5.53. The average Bonchev–Trinajstić information content (AvgIpc) is 2.29. The first-order chi connectivity index (χ1) is 7.27. The van der Waals surface area contributed by atoms with Gasteiger partial charge in [0.2, 0.25) is 0 Å². The molecule has 0 aliphatic rings. The lowest BCUT2D eigenvalue weighted by Crippen LogP contribution is -2.22. The zero-order valence-electron chi connectivity index (χ0n) is 9.44. The first-order valence-corrected chi connectivity index (χ1v) is 5.21. The minimum absolute atomic E-state index is 0.479. The molecule has 0 spiro atoms. The van der Waals surface area contributed by atoms with E-state index in [1.165, 1.54) is 0 Å². The Balaban J connectivity index is 2.52. The van der Waals surface area contributed by atoms with Gasteiger partial charge in [0.05, 0.1) is 12.3 Å². The molecule has 1 aromatic rings. The quantitative estimate of drug-likeness (QED) is 0.710. The van der Waals surface area contributed by atoms with E-state index in [4.69, 9.17) is 10.5 Å². The molecule has 4 nitrogen and oxygen atoms in total. The van der Waals surface area contributed by atoms with Gasteiger partial charge in [0.15, 0.2) is 0 Å². The Morgan fingerprint density at radius 2 is 2.33 bits per heavy atom. The van der Waals surface area contributed by atoms with Crippen LogP contribution in [0, 0.1) is 0 Å². The molecule has 1 heterocycles. The van der Waals surface area contributed by atoms with Crippen molar-refractivity contribution in [2.24, 2.45) is 5.73 Å². The van der Waals surface area contributed by atoms with E-state index in [0.717, 1.165) is 31.1 Å². The zero-order valence-corrected chi connectivity index (χ0v) is 9.44. The predicted molar refractivity (Wildman–Crippen MR) is 61.9 cm³/mol. The minimum Gasteiger partial charge on any atom is -0.380 e. The summed E-state index contributed by atoms with van der Waals surface area (Å²) >= 11 is 0. The van der Waals surface area contributed by atoms with Gasteiger partial charge in [0.1, 0.15) is 0 Å². The van der Waals surface area contributed by atoms with Crippen molar-refractivity contribution in [1.82, 2.24) is 4.98 Å². The maximum atomic E-state index is 5.53. The smallest absolute Gasteiger partial charge is 0.0641 e. The number of hydrogen-bond donors (Lipinski definition) is 1. The lowest BCUT2D eigenvalue weighted by Gasteiger charge is -2.19. The molecule has 1 aromatic heterocycles. The Bertz CT molecular complexity index is 291. The summed E-state index contributed by atoms with van der Waals surface area (Å²) in [6, 6.07) is 3.98. The number of pyridine rings is 1. The van der Waals surface area contributed by atoms with Crippen LogP contribution >= 0.6 is 0 Å². The topological polar surface area (TPSA) is 51.4 Å². The van der Waals surface area contributed by atoms with Crippen LogP contribution in [-0.4, -0.2) is 31.8 Å². The van der Waals surface area contributed by atoms with Crippen LogP contribution in [0.4, 0.5) is 5.69 Å². The number of ether oxygens (including phenoxy) is 1. The number of anilines is 1. The van der Waals surface area contributed by atoms with Gasteiger partial charge in [0, 0.05) is 38.6 Å². The lowest BCUT2D eigenvalue weighted by atomic mass is 10.3. The molecule has 4 heteroatoms. The summed E-state index contributed by atoms with van der Waals surface area (Å²) in [5, 5.41) is 0. The normalized spacial score (nSPS) is 10.3. The molecule has 2 N–H and O–H groups in total. The highest BCUT2D eigenvalue weighted by atomic mass is 16.5. The van der Waals surface area contributed by atoms with Crippen molar-refractivity contribution in [3.05, 3.63) is 24.0 Å². The number of rotatable bonds is 6. The molecule has 0 unspecified atom stereocenters. The fourth-order valence-corrected chi connectivity index (χ4v) is 1.29. The lowest BCUT2D eigenvalue weighted by molar-refractivity contribution is 0.154. The van der Waals surface area contributed by atoms with Crippen molar-refractivity contribution in [1.29, 1.82) is 0 Å². The Kier molecular flexibility index (Phi) is 5.07. The van der Waals surface area contributed by atoms with E-state index < -0.39 is 0 Å². The molecule has 0 radical (unpaired) electrons. The van der Waals surface area contributed by atoms with Crippen molar-refractivity contribution in [2.45, 2.75) is 13.5 Å². The van der Waals surface area contributed by atoms with Gasteiger partial charge in [-0.05, 0) is 19.1 Å². The molecule has 0 aliphatic heterocycles. The van der Waals surface area contributed by atoms with Crippen LogP contribution in [0.5, 0.6) is 0 Å². The predicted octanol–water partition coefficient (Wildman–Crippen LogP) is 1.01. The Hall–Kier alpha value is -1.13. The van der Waals surface area contributed by atoms with Gasteiger partial charge < -0.3 is 15.4 Å². The molecule has 0 saturated heterocycles. The molecule has 0 atom stereocenters. The van der Waals surface area contributed by atoms with Crippen molar-refractivity contribution in [2.75, 3.05) is 31.7 Å². The molecular formula is C11H19N3O. The molecule has 0 aliphatic carbocycles. The SMILES string of the molecule is CCOCCN(C)c1ccnc(CN)c1. The molecule has 0 amide bonds. The number of likely N-dealkylation sites (N-methyl/N-ethyl adjacent to an activating group) is 1. The Labute approximate surface area is 91.1 Å². The highest BCUT2D eigenvalue weighted by Gasteiger charge is 2.01. The van der Waals surface area contributed by atoms with Crippen LogP contribution in [0.3, 0.4) is 0 Å².